The summed E-state index contributed by atoms with van der Waals surface area (Å²) in [4.78, 5) is 11.7. The highest BCUT2D eigenvalue weighted by Crippen LogP contribution is 2.28. The monoisotopic (exact) mass is 385 g/mol. The van der Waals surface area contributed by atoms with Gasteiger partial charge in [0.1, 0.15) is 4.90 Å². The van der Waals surface area contributed by atoms with Crippen molar-refractivity contribution in [2.75, 3.05) is 0 Å². The third-order valence-corrected chi connectivity index (χ3v) is 4.88. The van der Waals surface area contributed by atoms with Gasteiger partial charge in [0.25, 0.3) is 15.0 Å². The second kappa shape index (κ2) is 6.95. The predicted octanol–water partition coefficient (Wildman–Crippen LogP) is 3.52. The number of hydrogen-bond acceptors (Lipinski definition) is 4. The van der Waals surface area contributed by atoms with Crippen LogP contribution >= 0.6 is 26.6 Å². The molecule has 1 N–H and O–H groups in total. The van der Waals surface area contributed by atoms with Crippen LogP contribution in [0.15, 0.2) is 20.0 Å². The van der Waals surface area contributed by atoms with Gasteiger partial charge in [-0.05, 0) is 41.6 Å². The first-order valence-electron chi connectivity index (χ1n) is 6.16. The van der Waals surface area contributed by atoms with Crippen molar-refractivity contribution >= 4 is 41.6 Å². The molecule has 1 atom stereocenters. The lowest BCUT2D eigenvalue weighted by molar-refractivity contribution is 0.0908. The van der Waals surface area contributed by atoms with Crippen LogP contribution in [0, 0.1) is 5.92 Å². The van der Waals surface area contributed by atoms with Gasteiger partial charge in [-0.25, -0.2) is 8.42 Å². The number of carbonyl (C=O) groups is 1. The first kappa shape index (κ1) is 17.5. The molecule has 0 aliphatic rings. The molecule has 0 bridgehead atoms. The molecule has 1 aromatic heterocycles. The molecule has 0 saturated heterocycles. The van der Waals surface area contributed by atoms with Crippen LogP contribution in [0.4, 0.5) is 0 Å². The van der Waals surface area contributed by atoms with E-state index in [2.05, 4.69) is 35.1 Å². The number of nitrogens with one attached hydrogen (secondary N) is 1. The Morgan fingerprint density at radius 2 is 2.00 bits per heavy atom. The van der Waals surface area contributed by atoms with Gasteiger partial charge in [0.15, 0.2) is 10.4 Å². The van der Waals surface area contributed by atoms with E-state index in [9.17, 15) is 13.2 Å². The van der Waals surface area contributed by atoms with Gasteiger partial charge in [0, 0.05) is 22.8 Å². The van der Waals surface area contributed by atoms with Crippen molar-refractivity contribution < 1.29 is 17.6 Å². The van der Waals surface area contributed by atoms with E-state index in [1.165, 1.54) is 0 Å². The zero-order chi connectivity index (χ0) is 15.5. The Morgan fingerprint density at radius 1 is 1.40 bits per heavy atom. The Hall–Kier alpha value is -0.530. The number of hydrogen-bond donors (Lipinski definition) is 1. The van der Waals surface area contributed by atoms with Crippen LogP contribution in [0.25, 0.3) is 0 Å². The summed E-state index contributed by atoms with van der Waals surface area (Å²) >= 11 is 2.93. The molecule has 0 saturated carbocycles. The molecule has 1 heterocycles. The number of carbonyl (C=O) groups excluding carboxylic acids is 1. The van der Waals surface area contributed by atoms with Gasteiger partial charge < -0.3 is 9.73 Å². The largest absolute Gasteiger partial charge is 0.443 e. The van der Waals surface area contributed by atoms with Crippen molar-refractivity contribution in [1.82, 2.24) is 5.32 Å². The topological polar surface area (TPSA) is 76.4 Å². The van der Waals surface area contributed by atoms with Crippen LogP contribution in [0.5, 0.6) is 0 Å². The molecule has 0 aliphatic heterocycles. The van der Waals surface area contributed by atoms with E-state index in [1.54, 1.807) is 0 Å². The average molecular weight is 387 g/mol. The van der Waals surface area contributed by atoms with E-state index in [0.29, 0.717) is 5.92 Å². The highest BCUT2D eigenvalue weighted by Gasteiger charge is 2.23. The van der Waals surface area contributed by atoms with Crippen LogP contribution in [-0.2, 0) is 9.05 Å². The van der Waals surface area contributed by atoms with Crippen LogP contribution in [0.2, 0.25) is 0 Å². The van der Waals surface area contributed by atoms with Crippen LogP contribution < -0.4 is 5.32 Å². The minimum absolute atomic E-state index is 0.0233. The van der Waals surface area contributed by atoms with E-state index >= 15 is 0 Å². The van der Waals surface area contributed by atoms with Crippen molar-refractivity contribution in [1.29, 1.82) is 0 Å². The molecular formula is C12H17BrClNO4S. The first-order valence-corrected chi connectivity index (χ1v) is 9.26. The summed E-state index contributed by atoms with van der Waals surface area (Å²) in [5, 5.41) is 2.75. The highest BCUT2D eigenvalue weighted by molar-refractivity contribution is 9.10. The fraction of sp³-hybridized carbons (Fsp3) is 0.583. The number of rotatable bonds is 6. The molecule has 8 heteroatoms. The molecule has 0 aromatic carbocycles. The minimum Gasteiger partial charge on any atom is -0.443 e. The maximum atomic E-state index is 11.9. The molecule has 0 radical (unpaired) electrons. The van der Waals surface area contributed by atoms with Gasteiger partial charge in [0.2, 0.25) is 0 Å². The number of furan rings is 1. The second-order valence-electron chi connectivity index (χ2n) is 5.03. The fourth-order valence-electron chi connectivity index (χ4n) is 1.58. The molecule has 0 aliphatic carbocycles. The van der Waals surface area contributed by atoms with Crippen molar-refractivity contribution in [3.63, 3.8) is 0 Å². The minimum atomic E-state index is -3.94. The molecule has 0 fully saturated rings. The molecule has 20 heavy (non-hydrogen) atoms. The van der Waals surface area contributed by atoms with Crippen LogP contribution in [0.3, 0.4) is 0 Å². The van der Waals surface area contributed by atoms with Gasteiger partial charge in [-0.2, -0.15) is 0 Å². The molecule has 1 aromatic rings. The van der Waals surface area contributed by atoms with Crippen LogP contribution in [0.1, 0.15) is 44.2 Å². The maximum Gasteiger partial charge on any atom is 0.287 e. The molecule has 1 amide bonds. The van der Waals surface area contributed by atoms with Gasteiger partial charge in [-0.3, -0.25) is 4.79 Å². The molecule has 1 rings (SSSR count). The van der Waals surface area contributed by atoms with E-state index < -0.39 is 15.0 Å². The SMILES string of the molecule is CC(C)CCC(C)NC(=O)c1cc(S(=O)(=O)Cl)c(Br)o1. The standard InChI is InChI=1S/C12H17BrClNO4S/c1-7(2)4-5-8(3)15-12(16)9-6-10(11(13)19-9)20(14,17)18/h6-8H,4-5H2,1-3H3,(H,15,16). The van der Waals surface area contributed by atoms with E-state index in [4.69, 9.17) is 15.1 Å². The summed E-state index contributed by atoms with van der Waals surface area (Å²) in [6.07, 6.45) is 1.83. The zero-order valence-electron chi connectivity index (χ0n) is 11.4. The predicted molar refractivity (Wildman–Crippen MR) is 80.4 cm³/mol. The molecular weight excluding hydrogens is 370 g/mol. The fourth-order valence-corrected chi connectivity index (χ4v) is 3.61. The molecule has 0 spiro atoms. The average Bonchev–Trinajstić information content (AvgIpc) is 2.68. The smallest absolute Gasteiger partial charge is 0.287 e. The van der Waals surface area contributed by atoms with Crippen molar-refractivity contribution in [2.45, 2.75) is 44.6 Å². The zero-order valence-corrected chi connectivity index (χ0v) is 14.6. The lowest BCUT2D eigenvalue weighted by Gasteiger charge is -2.13. The van der Waals surface area contributed by atoms with Gasteiger partial charge in [-0.15, -0.1) is 0 Å². The third-order valence-electron chi connectivity index (χ3n) is 2.70. The molecule has 5 nitrogen and oxygen atoms in total. The van der Waals surface area contributed by atoms with Crippen molar-refractivity contribution in [2.24, 2.45) is 5.92 Å². The number of halogens is 2. The van der Waals surface area contributed by atoms with Crippen molar-refractivity contribution in [3.8, 4) is 0 Å². The summed E-state index contributed by atoms with van der Waals surface area (Å²) in [6.45, 7) is 6.10. The quantitative estimate of drug-likeness (QED) is 0.759. The summed E-state index contributed by atoms with van der Waals surface area (Å²) in [7, 11) is 1.28. The lowest BCUT2D eigenvalue weighted by atomic mass is 10.0. The Kier molecular flexibility index (Phi) is 6.09. The number of amides is 1. The molecule has 1 unspecified atom stereocenters. The molecule has 114 valence electrons. The van der Waals surface area contributed by atoms with E-state index in [0.717, 1.165) is 18.9 Å². The second-order valence-corrected chi connectivity index (χ2v) is 8.29. The summed E-state index contributed by atoms with van der Waals surface area (Å²) < 4.78 is 27.5. The maximum absolute atomic E-state index is 11.9. The van der Waals surface area contributed by atoms with Crippen molar-refractivity contribution in [3.05, 3.63) is 16.5 Å². The highest BCUT2D eigenvalue weighted by atomic mass is 79.9. The Morgan fingerprint density at radius 3 is 2.45 bits per heavy atom. The van der Waals surface area contributed by atoms with Gasteiger partial charge in [0.05, 0.1) is 0 Å². The normalized spacial score (nSPS) is 13.5. The van der Waals surface area contributed by atoms with Gasteiger partial charge in [-0.1, -0.05) is 13.8 Å². The van der Waals surface area contributed by atoms with Crippen LogP contribution in [-0.4, -0.2) is 20.4 Å². The summed E-state index contributed by atoms with van der Waals surface area (Å²) in [5.41, 5.74) is 0. The summed E-state index contributed by atoms with van der Waals surface area (Å²) in [6, 6.07) is 1.08. The first-order chi connectivity index (χ1) is 9.11. The Labute approximate surface area is 131 Å². The third kappa shape index (κ3) is 5.10. The lowest BCUT2D eigenvalue weighted by Crippen LogP contribution is -2.32. The van der Waals surface area contributed by atoms with Gasteiger partial charge >= 0.3 is 0 Å². The summed E-state index contributed by atoms with van der Waals surface area (Å²) in [5.74, 6) is 0.00104. The Bertz CT molecular complexity index is 582. The van der Waals surface area contributed by atoms with E-state index in [1.807, 2.05) is 6.92 Å². The van der Waals surface area contributed by atoms with E-state index in [-0.39, 0.29) is 21.4 Å². The Balaban J connectivity index is 2.74.